The lowest BCUT2D eigenvalue weighted by atomic mass is 9.98. The van der Waals surface area contributed by atoms with Crippen LogP contribution >= 0.6 is 27.5 Å². The third kappa shape index (κ3) is 2.83. The van der Waals surface area contributed by atoms with Crippen molar-refractivity contribution in [3.8, 4) is 5.75 Å². The number of ether oxygens (including phenoxy) is 1. The summed E-state index contributed by atoms with van der Waals surface area (Å²) in [5.41, 5.74) is 6.50. The molecule has 0 aromatic heterocycles. The first-order valence-electron chi connectivity index (χ1n) is 5.58. The summed E-state index contributed by atoms with van der Waals surface area (Å²) in [5, 5.41) is 0.625. The fourth-order valence-corrected chi connectivity index (χ4v) is 2.98. The van der Waals surface area contributed by atoms with Gasteiger partial charge in [0.05, 0.1) is 16.3 Å². The van der Waals surface area contributed by atoms with Gasteiger partial charge in [-0.3, -0.25) is 0 Å². The lowest BCUT2D eigenvalue weighted by Gasteiger charge is -2.24. The maximum absolute atomic E-state index is 5.94. The second-order valence-electron chi connectivity index (χ2n) is 4.18. The van der Waals surface area contributed by atoms with Crippen LogP contribution in [0.15, 0.2) is 16.6 Å². The Balaban J connectivity index is 2.14. The van der Waals surface area contributed by atoms with Gasteiger partial charge in [-0.2, -0.15) is 0 Å². The van der Waals surface area contributed by atoms with Gasteiger partial charge in [-0.15, -0.1) is 0 Å². The van der Waals surface area contributed by atoms with Crippen LogP contribution in [0.5, 0.6) is 5.75 Å². The van der Waals surface area contributed by atoms with Crippen molar-refractivity contribution in [2.24, 2.45) is 0 Å². The van der Waals surface area contributed by atoms with Gasteiger partial charge in [0.15, 0.2) is 5.75 Å². The summed E-state index contributed by atoms with van der Waals surface area (Å²) in [5.74, 6) is 0.733. The van der Waals surface area contributed by atoms with Crippen LogP contribution in [0, 0.1) is 0 Å². The molecule has 0 unspecified atom stereocenters. The smallest absolute Gasteiger partial charge is 0.156 e. The van der Waals surface area contributed by atoms with Crippen LogP contribution in [0.4, 0.5) is 5.69 Å². The molecule has 2 N–H and O–H groups in total. The average molecular weight is 305 g/mol. The third-order valence-corrected chi connectivity index (χ3v) is 3.68. The van der Waals surface area contributed by atoms with E-state index in [9.17, 15) is 0 Å². The topological polar surface area (TPSA) is 35.2 Å². The number of nitrogens with two attached hydrogens (primary N) is 1. The summed E-state index contributed by atoms with van der Waals surface area (Å²) in [6.07, 6.45) is 6.35. The highest BCUT2D eigenvalue weighted by atomic mass is 79.9. The van der Waals surface area contributed by atoms with E-state index in [2.05, 4.69) is 15.9 Å². The summed E-state index contributed by atoms with van der Waals surface area (Å²) < 4.78 is 6.78. The van der Waals surface area contributed by atoms with Gasteiger partial charge < -0.3 is 10.5 Å². The minimum absolute atomic E-state index is 0.300. The van der Waals surface area contributed by atoms with E-state index in [1.807, 2.05) is 6.07 Å². The zero-order valence-electron chi connectivity index (χ0n) is 9.01. The highest BCUT2D eigenvalue weighted by Gasteiger charge is 2.17. The van der Waals surface area contributed by atoms with Gasteiger partial charge in [0.25, 0.3) is 0 Å². The fraction of sp³-hybridized carbons (Fsp3) is 0.500. The lowest BCUT2D eigenvalue weighted by molar-refractivity contribution is 0.155. The minimum Gasteiger partial charge on any atom is -0.487 e. The SMILES string of the molecule is Nc1cc(Cl)cc(Br)c1OC1CCCCC1. The molecule has 0 saturated heterocycles. The monoisotopic (exact) mass is 303 g/mol. The standard InChI is InChI=1S/C12H15BrClNO/c13-10-6-8(14)7-11(15)12(10)16-9-4-2-1-3-5-9/h6-7,9H,1-5,15H2. The van der Waals surface area contributed by atoms with E-state index in [0.29, 0.717) is 16.8 Å². The largest absolute Gasteiger partial charge is 0.487 e. The molecule has 0 aliphatic heterocycles. The fourth-order valence-electron chi connectivity index (χ4n) is 2.05. The Kier molecular flexibility index (Phi) is 3.98. The van der Waals surface area contributed by atoms with Crippen molar-refractivity contribution in [3.05, 3.63) is 21.6 Å². The summed E-state index contributed by atoms with van der Waals surface area (Å²) in [4.78, 5) is 0. The molecule has 0 amide bonds. The van der Waals surface area contributed by atoms with E-state index in [-0.39, 0.29) is 0 Å². The van der Waals surface area contributed by atoms with E-state index >= 15 is 0 Å². The van der Waals surface area contributed by atoms with Crippen LogP contribution < -0.4 is 10.5 Å². The number of benzene rings is 1. The number of nitrogen functional groups attached to an aromatic ring is 1. The first-order chi connectivity index (χ1) is 7.66. The minimum atomic E-state index is 0.300. The molecule has 1 aliphatic rings. The number of halogens is 2. The molecule has 1 saturated carbocycles. The Morgan fingerprint density at radius 3 is 2.56 bits per heavy atom. The predicted octanol–water partition coefficient (Wildman–Crippen LogP) is 4.40. The van der Waals surface area contributed by atoms with Crippen molar-refractivity contribution in [3.63, 3.8) is 0 Å². The zero-order valence-corrected chi connectivity index (χ0v) is 11.4. The molecule has 1 aromatic carbocycles. The van der Waals surface area contributed by atoms with Crippen LogP contribution in [-0.4, -0.2) is 6.10 Å². The molecule has 0 heterocycles. The molecular weight excluding hydrogens is 289 g/mol. The predicted molar refractivity (Wildman–Crippen MR) is 71.1 cm³/mol. The van der Waals surface area contributed by atoms with Gasteiger partial charge in [0.1, 0.15) is 0 Å². The molecular formula is C12H15BrClNO. The van der Waals surface area contributed by atoms with E-state index in [1.54, 1.807) is 6.07 Å². The highest BCUT2D eigenvalue weighted by Crippen LogP contribution is 2.36. The van der Waals surface area contributed by atoms with Crippen molar-refractivity contribution in [2.75, 3.05) is 5.73 Å². The van der Waals surface area contributed by atoms with E-state index < -0.39 is 0 Å². The van der Waals surface area contributed by atoms with Gasteiger partial charge in [0, 0.05) is 5.02 Å². The Bertz CT molecular complexity index is 354. The summed E-state index contributed by atoms with van der Waals surface area (Å²) in [6, 6.07) is 3.54. The lowest BCUT2D eigenvalue weighted by Crippen LogP contribution is -2.20. The van der Waals surface area contributed by atoms with E-state index in [1.165, 1.54) is 19.3 Å². The number of anilines is 1. The molecule has 1 aromatic rings. The Hall–Kier alpha value is -0.410. The van der Waals surface area contributed by atoms with Crippen LogP contribution in [0.2, 0.25) is 5.02 Å². The summed E-state index contributed by atoms with van der Waals surface area (Å²) >= 11 is 9.33. The molecule has 1 fully saturated rings. The van der Waals surface area contributed by atoms with Gasteiger partial charge in [-0.25, -0.2) is 0 Å². The second-order valence-corrected chi connectivity index (χ2v) is 5.47. The number of rotatable bonds is 2. The molecule has 1 aliphatic carbocycles. The van der Waals surface area contributed by atoms with Crippen molar-refractivity contribution in [1.82, 2.24) is 0 Å². The maximum atomic E-state index is 5.94. The molecule has 0 bridgehead atoms. The van der Waals surface area contributed by atoms with E-state index in [4.69, 9.17) is 22.1 Å². The molecule has 0 atom stereocenters. The summed E-state index contributed by atoms with van der Waals surface area (Å²) in [6.45, 7) is 0. The zero-order chi connectivity index (χ0) is 11.5. The normalized spacial score (nSPS) is 17.4. The van der Waals surface area contributed by atoms with Crippen LogP contribution in [0.3, 0.4) is 0 Å². The van der Waals surface area contributed by atoms with Crippen LogP contribution in [0.25, 0.3) is 0 Å². The van der Waals surface area contributed by atoms with Crippen molar-refractivity contribution >= 4 is 33.2 Å². The molecule has 0 radical (unpaired) electrons. The van der Waals surface area contributed by atoms with Crippen molar-refractivity contribution in [2.45, 2.75) is 38.2 Å². The van der Waals surface area contributed by atoms with Gasteiger partial charge in [-0.1, -0.05) is 18.0 Å². The van der Waals surface area contributed by atoms with Crippen molar-refractivity contribution < 1.29 is 4.74 Å². The van der Waals surface area contributed by atoms with Gasteiger partial charge in [0.2, 0.25) is 0 Å². The third-order valence-electron chi connectivity index (χ3n) is 2.87. The maximum Gasteiger partial charge on any atom is 0.156 e. The van der Waals surface area contributed by atoms with Crippen LogP contribution in [-0.2, 0) is 0 Å². The Morgan fingerprint density at radius 2 is 1.94 bits per heavy atom. The Morgan fingerprint density at radius 1 is 1.25 bits per heavy atom. The molecule has 88 valence electrons. The van der Waals surface area contributed by atoms with E-state index in [0.717, 1.165) is 23.1 Å². The quantitative estimate of drug-likeness (QED) is 0.822. The number of hydrogen-bond donors (Lipinski definition) is 1. The van der Waals surface area contributed by atoms with Gasteiger partial charge in [-0.05, 0) is 53.7 Å². The number of hydrogen-bond acceptors (Lipinski definition) is 2. The Labute approximate surface area is 109 Å². The molecule has 2 nitrogen and oxygen atoms in total. The first kappa shape index (κ1) is 12.1. The van der Waals surface area contributed by atoms with Crippen molar-refractivity contribution in [1.29, 1.82) is 0 Å². The van der Waals surface area contributed by atoms with Crippen LogP contribution in [0.1, 0.15) is 32.1 Å². The average Bonchev–Trinajstić information content (AvgIpc) is 2.25. The molecule has 16 heavy (non-hydrogen) atoms. The van der Waals surface area contributed by atoms with Gasteiger partial charge >= 0.3 is 0 Å². The highest BCUT2D eigenvalue weighted by molar-refractivity contribution is 9.10. The molecule has 0 spiro atoms. The molecule has 4 heteroatoms. The molecule has 2 rings (SSSR count). The first-order valence-corrected chi connectivity index (χ1v) is 6.75. The summed E-state index contributed by atoms with van der Waals surface area (Å²) in [7, 11) is 0. The second kappa shape index (κ2) is 5.28.